The Labute approximate surface area is 81.8 Å². The molecule has 0 heterocycles. The predicted molar refractivity (Wildman–Crippen MR) is 49.7 cm³/mol. The quantitative estimate of drug-likeness (QED) is 0.646. The molecule has 0 atom stereocenters. The minimum Gasteiger partial charge on any atom is -0.206 e. The van der Waals surface area contributed by atoms with Crippen molar-refractivity contribution in [2.45, 2.75) is 26.7 Å². The lowest BCUT2D eigenvalue weighted by atomic mass is 9.83. The van der Waals surface area contributed by atoms with Crippen LogP contribution in [0.1, 0.15) is 26.3 Å². The van der Waals surface area contributed by atoms with Crippen LogP contribution in [0.4, 0.5) is 13.2 Å². The average Bonchev–Trinajstić information content (AvgIpc) is 2.02. The van der Waals surface area contributed by atoms with Gasteiger partial charge in [0.2, 0.25) is 0 Å². The van der Waals surface area contributed by atoms with E-state index in [1.807, 2.05) is 0 Å². The van der Waals surface area contributed by atoms with Crippen LogP contribution in [0.15, 0.2) is 24.3 Å². The van der Waals surface area contributed by atoms with Crippen molar-refractivity contribution in [3.05, 3.63) is 35.6 Å². The van der Waals surface area contributed by atoms with Gasteiger partial charge in [-0.25, -0.2) is 13.2 Å². The number of halogens is 3. The molecule has 0 saturated heterocycles. The van der Waals surface area contributed by atoms with Gasteiger partial charge in [0.1, 0.15) is 5.82 Å². The molecule has 0 amide bonds. The van der Waals surface area contributed by atoms with Crippen molar-refractivity contribution >= 4 is 0 Å². The number of benzene rings is 1. The normalized spacial score (nSPS) is 13.0. The van der Waals surface area contributed by atoms with Gasteiger partial charge in [-0.05, 0) is 6.07 Å². The van der Waals surface area contributed by atoms with Gasteiger partial charge in [0.15, 0.2) is 0 Å². The summed E-state index contributed by atoms with van der Waals surface area (Å²) < 4.78 is 40.5. The fourth-order valence-corrected chi connectivity index (χ4v) is 1.12. The molecular weight excluding hydrogens is 189 g/mol. The minimum absolute atomic E-state index is 0.535. The van der Waals surface area contributed by atoms with Crippen LogP contribution in [0.3, 0.4) is 0 Å². The summed E-state index contributed by atoms with van der Waals surface area (Å²) in [6.07, 6.45) is 0. The molecule has 0 nitrogen and oxygen atoms in total. The van der Waals surface area contributed by atoms with Gasteiger partial charge in [-0.2, -0.15) is 0 Å². The Hall–Kier alpha value is -0.990. The van der Waals surface area contributed by atoms with E-state index >= 15 is 0 Å². The van der Waals surface area contributed by atoms with E-state index in [2.05, 4.69) is 0 Å². The number of alkyl halides is 2. The standard InChI is InChI=1S/C11H13F3/c1-10(2,3)11(13,14)8-6-4-5-7-9(8)12/h4-7H,1-3H3. The maximum atomic E-state index is 13.7. The lowest BCUT2D eigenvalue weighted by Gasteiger charge is -2.30. The van der Waals surface area contributed by atoms with Crippen LogP contribution >= 0.6 is 0 Å². The molecule has 0 fully saturated rings. The Kier molecular flexibility index (Phi) is 2.61. The Morgan fingerprint density at radius 1 is 1.00 bits per heavy atom. The SMILES string of the molecule is CC(C)(C)C(F)(F)c1ccccc1F. The highest BCUT2D eigenvalue weighted by molar-refractivity contribution is 5.23. The van der Waals surface area contributed by atoms with Gasteiger partial charge < -0.3 is 0 Å². The monoisotopic (exact) mass is 202 g/mol. The van der Waals surface area contributed by atoms with Crippen LogP contribution in [-0.2, 0) is 5.92 Å². The van der Waals surface area contributed by atoms with E-state index in [9.17, 15) is 13.2 Å². The molecule has 78 valence electrons. The zero-order chi connectivity index (χ0) is 11.0. The highest BCUT2D eigenvalue weighted by Gasteiger charge is 2.46. The van der Waals surface area contributed by atoms with Crippen LogP contribution in [0, 0.1) is 11.2 Å². The summed E-state index contributed by atoms with van der Waals surface area (Å²) in [7, 11) is 0. The molecule has 0 bridgehead atoms. The molecule has 1 rings (SSSR count). The topological polar surface area (TPSA) is 0 Å². The van der Waals surface area contributed by atoms with E-state index < -0.39 is 22.7 Å². The van der Waals surface area contributed by atoms with Gasteiger partial charge in [-0.15, -0.1) is 0 Å². The van der Waals surface area contributed by atoms with Crippen molar-refractivity contribution in [3.63, 3.8) is 0 Å². The first-order valence-electron chi connectivity index (χ1n) is 4.39. The first-order chi connectivity index (χ1) is 6.27. The molecule has 0 saturated carbocycles. The lowest BCUT2D eigenvalue weighted by Crippen LogP contribution is -2.32. The molecule has 1 aromatic carbocycles. The summed E-state index contributed by atoms with van der Waals surface area (Å²) >= 11 is 0. The summed E-state index contributed by atoms with van der Waals surface area (Å²) in [5, 5.41) is 0. The Morgan fingerprint density at radius 2 is 1.50 bits per heavy atom. The van der Waals surface area contributed by atoms with E-state index in [1.165, 1.54) is 32.9 Å². The molecule has 14 heavy (non-hydrogen) atoms. The number of hydrogen-bond acceptors (Lipinski definition) is 0. The molecule has 3 heteroatoms. The van der Waals surface area contributed by atoms with E-state index in [1.54, 1.807) is 0 Å². The average molecular weight is 202 g/mol. The molecule has 0 aliphatic carbocycles. The molecule has 0 radical (unpaired) electrons. The smallest absolute Gasteiger partial charge is 0.206 e. The Morgan fingerprint density at radius 3 is 1.93 bits per heavy atom. The van der Waals surface area contributed by atoms with Gasteiger partial charge in [-0.3, -0.25) is 0 Å². The molecule has 0 spiro atoms. The van der Waals surface area contributed by atoms with Gasteiger partial charge in [-0.1, -0.05) is 39.0 Å². The fraction of sp³-hybridized carbons (Fsp3) is 0.455. The third kappa shape index (κ3) is 1.76. The maximum absolute atomic E-state index is 13.7. The molecular formula is C11H13F3. The highest BCUT2D eigenvalue weighted by Crippen LogP contribution is 2.44. The summed E-state index contributed by atoms with van der Waals surface area (Å²) in [6.45, 7) is 4.16. The summed E-state index contributed by atoms with van der Waals surface area (Å²) in [6, 6.07) is 4.99. The van der Waals surface area contributed by atoms with E-state index in [0.29, 0.717) is 0 Å². The van der Waals surface area contributed by atoms with E-state index in [4.69, 9.17) is 0 Å². The second-order valence-electron chi connectivity index (χ2n) is 4.30. The summed E-state index contributed by atoms with van der Waals surface area (Å²) in [5.41, 5.74) is -1.82. The lowest BCUT2D eigenvalue weighted by molar-refractivity contribution is -0.106. The minimum atomic E-state index is -3.15. The Balaban J connectivity index is 3.23. The van der Waals surface area contributed by atoms with Crippen molar-refractivity contribution in [2.24, 2.45) is 5.41 Å². The zero-order valence-electron chi connectivity index (χ0n) is 8.44. The van der Waals surface area contributed by atoms with Gasteiger partial charge >= 0.3 is 0 Å². The maximum Gasteiger partial charge on any atom is 0.280 e. The first-order valence-corrected chi connectivity index (χ1v) is 4.39. The van der Waals surface area contributed by atoms with Crippen LogP contribution in [0.5, 0.6) is 0 Å². The van der Waals surface area contributed by atoms with Crippen molar-refractivity contribution in [2.75, 3.05) is 0 Å². The number of rotatable bonds is 1. The fourth-order valence-electron chi connectivity index (χ4n) is 1.12. The first kappa shape index (κ1) is 11.1. The van der Waals surface area contributed by atoms with Crippen molar-refractivity contribution in [1.29, 1.82) is 0 Å². The van der Waals surface area contributed by atoms with E-state index in [0.717, 1.165) is 12.1 Å². The molecule has 0 unspecified atom stereocenters. The number of hydrogen-bond donors (Lipinski definition) is 0. The summed E-state index contributed by atoms with van der Waals surface area (Å²) in [5.74, 6) is -4.01. The highest BCUT2D eigenvalue weighted by atomic mass is 19.3. The van der Waals surface area contributed by atoms with Crippen LogP contribution < -0.4 is 0 Å². The van der Waals surface area contributed by atoms with Gasteiger partial charge in [0, 0.05) is 5.41 Å². The summed E-state index contributed by atoms with van der Waals surface area (Å²) in [4.78, 5) is 0. The largest absolute Gasteiger partial charge is 0.280 e. The van der Waals surface area contributed by atoms with Crippen molar-refractivity contribution in [1.82, 2.24) is 0 Å². The molecule has 0 aliphatic rings. The van der Waals surface area contributed by atoms with Crippen molar-refractivity contribution < 1.29 is 13.2 Å². The van der Waals surface area contributed by atoms with Crippen LogP contribution in [-0.4, -0.2) is 0 Å². The van der Waals surface area contributed by atoms with Crippen LogP contribution in [0.25, 0.3) is 0 Å². The molecule has 0 aliphatic heterocycles. The zero-order valence-corrected chi connectivity index (χ0v) is 8.44. The third-order valence-electron chi connectivity index (χ3n) is 2.15. The Bertz CT molecular complexity index is 324. The predicted octanol–water partition coefficient (Wildman–Crippen LogP) is 3.96. The third-order valence-corrected chi connectivity index (χ3v) is 2.15. The second-order valence-corrected chi connectivity index (χ2v) is 4.30. The van der Waals surface area contributed by atoms with Crippen LogP contribution in [0.2, 0.25) is 0 Å². The second kappa shape index (κ2) is 3.30. The molecule has 0 aromatic heterocycles. The molecule has 1 aromatic rings. The van der Waals surface area contributed by atoms with E-state index in [-0.39, 0.29) is 0 Å². The molecule has 0 N–H and O–H groups in total. The van der Waals surface area contributed by atoms with Gasteiger partial charge in [0.25, 0.3) is 5.92 Å². The van der Waals surface area contributed by atoms with Gasteiger partial charge in [0.05, 0.1) is 5.56 Å². The van der Waals surface area contributed by atoms with Crippen molar-refractivity contribution in [3.8, 4) is 0 Å².